The van der Waals surface area contributed by atoms with Gasteiger partial charge < -0.3 is 14.2 Å². The maximum atomic E-state index is 12.7. The Labute approximate surface area is 361 Å². The lowest BCUT2D eigenvalue weighted by atomic mass is 10.1. The van der Waals surface area contributed by atoms with Crippen LogP contribution in [-0.4, -0.2) is 37.2 Å². The summed E-state index contributed by atoms with van der Waals surface area (Å²) in [6.45, 7) is 6.26. The Morgan fingerprint density at radius 2 is 0.746 bits per heavy atom. The van der Waals surface area contributed by atoms with E-state index in [2.05, 4.69) is 130 Å². The minimum atomic E-state index is -0.834. The molecule has 6 nitrogen and oxygen atoms in total. The van der Waals surface area contributed by atoms with Crippen molar-refractivity contribution in [2.75, 3.05) is 13.2 Å². The van der Waals surface area contributed by atoms with Gasteiger partial charge in [0, 0.05) is 19.3 Å². The summed E-state index contributed by atoms with van der Waals surface area (Å²) >= 11 is 0. The Morgan fingerprint density at radius 1 is 0.373 bits per heavy atom. The quantitative estimate of drug-likeness (QED) is 0.0202. The van der Waals surface area contributed by atoms with Crippen LogP contribution in [0.2, 0.25) is 0 Å². The van der Waals surface area contributed by atoms with E-state index in [1.54, 1.807) is 0 Å². The molecule has 0 radical (unpaired) electrons. The second-order valence-electron chi connectivity index (χ2n) is 14.6. The third kappa shape index (κ3) is 44.8. The van der Waals surface area contributed by atoms with E-state index < -0.39 is 6.10 Å². The number of ether oxygens (including phenoxy) is 3. The molecule has 1 atom stereocenters. The molecule has 0 aliphatic rings. The Morgan fingerprint density at radius 3 is 1.17 bits per heavy atom. The molecular formula is C53H82O6. The van der Waals surface area contributed by atoms with Crippen LogP contribution in [0, 0.1) is 0 Å². The SMILES string of the molecule is CC/C=C\C/C=C\C/C=C\C/C=C\C/C=C\C/C=C\CCC(=O)OCC(COC(=O)CCCCC/C=C\C=C/CCCC)OC(=O)CCCCC/C=C\C=C/CCCC. The van der Waals surface area contributed by atoms with Crippen LogP contribution < -0.4 is 0 Å². The molecule has 0 heterocycles. The van der Waals surface area contributed by atoms with Crippen molar-refractivity contribution < 1.29 is 28.6 Å². The number of rotatable bonds is 39. The molecule has 0 saturated heterocycles. The maximum Gasteiger partial charge on any atom is 0.306 e. The third-order valence-electron chi connectivity index (χ3n) is 8.99. The first-order chi connectivity index (χ1) is 29.0. The van der Waals surface area contributed by atoms with Gasteiger partial charge in [0.25, 0.3) is 0 Å². The van der Waals surface area contributed by atoms with Gasteiger partial charge in [0.05, 0.1) is 0 Å². The van der Waals surface area contributed by atoms with Crippen molar-refractivity contribution >= 4 is 17.9 Å². The zero-order valence-corrected chi connectivity index (χ0v) is 37.5. The summed E-state index contributed by atoms with van der Waals surface area (Å²) in [5, 5.41) is 0. The summed E-state index contributed by atoms with van der Waals surface area (Å²) in [4.78, 5) is 37.7. The van der Waals surface area contributed by atoms with E-state index in [0.29, 0.717) is 19.3 Å². The smallest absolute Gasteiger partial charge is 0.306 e. The van der Waals surface area contributed by atoms with Gasteiger partial charge in [-0.05, 0) is 96.3 Å². The molecule has 0 amide bonds. The first-order valence-corrected chi connectivity index (χ1v) is 23.1. The average molecular weight is 815 g/mol. The largest absolute Gasteiger partial charge is 0.462 e. The summed E-state index contributed by atoms with van der Waals surface area (Å²) in [6.07, 6.45) is 63.4. The molecule has 0 aromatic heterocycles. The molecule has 0 spiro atoms. The van der Waals surface area contributed by atoms with Gasteiger partial charge in [0.1, 0.15) is 13.2 Å². The highest BCUT2D eigenvalue weighted by atomic mass is 16.6. The van der Waals surface area contributed by atoms with Gasteiger partial charge in [-0.15, -0.1) is 0 Å². The predicted molar refractivity (Wildman–Crippen MR) is 251 cm³/mol. The number of carbonyl (C=O) groups is 3. The second kappa shape index (κ2) is 46.5. The molecule has 0 bridgehead atoms. The highest BCUT2D eigenvalue weighted by Crippen LogP contribution is 2.10. The monoisotopic (exact) mass is 815 g/mol. The zero-order chi connectivity index (χ0) is 43.0. The lowest BCUT2D eigenvalue weighted by Gasteiger charge is -2.18. The first kappa shape index (κ1) is 54.8. The molecule has 6 heteroatoms. The molecule has 0 aliphatic carbocycles. The Balaban J connectivity index is 4.56. The van der Waals surface area contributed by atoms with Crippen LogP contribution >= 0.6 is 0 Å². The van der Waals surface area contributed by atoms with Gasteiger partial charge >= 0.3 is 17.9 Å². The van der Waals surface area contributed by atoms with Gasteiger partial charge in [0.2, 0.25) is 0 Å². The van der Waals surface area contributed by atoms with Crippen LogP contribution in [0.4, 0.5) is 0 Å². The second-order valence-corrected chi connectivity index (χ2v) is 14.6. The fraction of sp³-hybridized carbons (Fsp3) is 0.566. The van der Waals surface area contributed by atoms with Crippen LogP contribution in [0.3, 0.4) is 0 Å². The Bertz CT molecular complexity index is 1300. The van der Waals surface area contributed by atoms with Crippen LogP contribution in [0.1, 0.15) is 175 Å². The molecule has 0 aromatic carbocycles. The zero-order valence-electron chi connectivity index (χ0n) is 37.5. The van der Waals surface area contributed by atoms with Crippen LogP contribution in [0.25, 0.3) is 0 Å². The van der Waals surface area contributed by atoms with Crippen molar-refractivity contribution in [2.45, 2.75) is 181 Å². The van der Waals surface area contributed by atoms with Crippen molar-refractivity contribution in [1.82, 2.24) is 0 Å². The minimum Gasteiger partial charge on any atom is -0.462 e. The predicted octanol–water partition coefficient (Wildman–Crippen LogP) is 15.0. The van der Waals surface area contributed by atoms with E-state index in [-0.39, 0.29) is 44.0 Å². The molecular weight excluding hydrogens is 733 g/mol. The van der Waals surface area contributed by atoms with E-state index in [9.17, 15) is 14.4 Å². The molecule has 0 fully saturated rings. The van der Waals surface area contributed by atoms with E-state index in [4.69, 9.17) is 14.2 Å². The fourth-order valence-corrected chi connectivity index (χ4v) is 5.48. The molecule has 1 unspecified atom stereocenters. The number of unbranched alkanes of at least 4 members (excludes halogenated alkanes) is 10. The summed E-state index contributed by atoms with van der Waals surface area (Å²) in [5.41, 5.74) is 0. The normalized spacial score (nSPS) is 13.2. The highest BCUT2D eigenvalue weighted by molar-refractivity contribution is 5.71. The molecule has 0 rings (SSSR count). The van der Waals surface area contributed by atoms with Gasteiger partial charge in [-0.1, -0.05) is 181 Å². The maximum absolute atomic E-state index is 12.7. The van der Waals surface area contributed by atoms with Crippen molar-refractivity contribution in [3.63, 3.8) is 0 Å². The molecule has 0 aromatic rings. The summed E-state index contributed by atoms with van der Waals surface area (Å²) in [7, 11) is 0. The number of hydrogen-bond acceptors (Lipinski definition) is 6. The number of carbonyl (C=O) groups excluding carboxylic acids is 3. The van der Waals surface area contributed by atoms with Gasteiger partial charge in [-0.2, -0.15) is 0 Å². The topological polar surface area (TPSA) is 78.9 Å². The van der Waals surface area contributed by atoms with Gasteiger partial charge in [-0.3, -0.25) is 14.4 Å². The number of esters is 3. The van der Waals surface area contributed by atoms with Crippen molar-refractivity contribution in [3.05, 3.63) is 122 Å². The average Bonchev–Trinajstić information content (AvgIpc) is 3.23. The lowest BCUT2D eigenvalue weighted by molar-refractivity contribution is -0.166. The fourth-order valence-electron chi connectivity index (χ4n) is 5.48. The summed E-state index contributed by atoms with van der Waals surface area (Å²) < 4.78 is 16.6. The molecule has 0 N–H and O–H groups in total. The van der Waals surface area contributed by atoms with E-state index >= 15 is 0 Å². The van der Waals surface area contributed by atoms with Crippen LogP contribution in [0.5, 0.6) is 0 Å². The third-order valence-corrected chi connectivity index (χ3v) is 8.99. The van der Waals surface area contributed by atoms with Crippen molar-refractivity contribution in [1.29, 1.82) is 0 Å². The highest BCUT2D eigenvalue weighted by Gasteiger charge is 2.19. The van der Waals surface area contributed by atoms with Crippen molar-refractivity contribution in [3.8, 4) is 0 Å². The van der Waals surface area contributed by atoms with E-state index in [1.165, 1.54) is 25.7 Å². The molecule has 0 saturated carbocycles. The van der Waals surface area contributed by atoms with Crippen LogP contribution in [0.15, 0.2) is 122 Å². The van der Waals surface area contributed by atoms with E-state index in [0.717, 1.165) is 96.3 Å². The Kier molecular flexibility index (Phi) is 43.2. The molecule has 330 valence electrons. The summed E-state index contributed by atoms with van der Waals surface area (Å²) in [5.74, 6) is -1.09. The van der Waals surface area contributed by atoms with Crippen molar-refractivity contribution in [2.24, 2.45) is 0 Å². The standard InChI is InChI=1S/C53H82O6/c1-4-7-10-13-16-19-22-23-24-25-26-27-28-29-32-34-37-40-43-46-52(55)58-49-50(59-53(56)47-44-41-38-35-31-21-18-15-12-9-6-3)48-57-51(54)45-42-39-36-33-30-20-17-14-11-8-5-2/h7,10,14-21,23-24,26-27,29-32,37,40,50H,4-6,8-9,11-13,22,25,28,33-36,38-39,41-49H2,1-3H3/b10-7-,17-14-,18-15-,19-16-,24-23-,27-26-,30-20-,31-21-,32-29-,40-37-. The Hall–Kier alpha value is -4.19. The molecule has 0 aliphatic heterocycles. The van der Waals surface area contributed by atoms with Gasteiger partial charge in [-0.25, -0.2) is 0 Å². The summed E-state index contributed by atoms with van der Waals surface area (Å²) in [6, 6.07) is 0. The first-order valence-electron chi connectivity index (χ1n) is 23.1. The van der Waals surface area contributed by atoms with Gasteiger partial charge in [0.15, 0.2) is 6.10 Å². The lowest BCUT2D eigenvalue weighted by Crippen LogP contribution is -2.30. The minimum absolute atomic E-state index is 0.130. The molecule has 59 heavy (non-hydrogen) atoms. The number of allylic oxidation sites excluding steroid dienone is 20. The number of hydrogen-bond donors (Lipinski definition) is 0. The van der Waals surface area contributed by atoms with Crippen LogP contribution in [-0.2, 0) is 28.6 Å². The van der Waals surface area contributed by atoms with E-state index in [1.807, 2.05) is 12.2 Å².